The molecule has 1 aromatic rings. The van der Waals surface area contributed by atoms with Crippen molar-refractivity contribution in [2.75, 3.05) is 31.4 Å². The Morgan fingerprint density at radius 2 is 2.05 bits per heavy atom. The van der Waals surface area contributed by atoms with Crippen LogP contribution < -0.4 is 10.0 Å². The second kappa shape index (κ2) is 7.81. The summed E-state index contributed by atoms with van der Waals surface area (Å²) in [4.78, 5) is 2.44. The van der Waals surface area contributed by atoms with E-state index in [1.807, 2.05) is 25.2 Å². The Balaban J connectivity index is 1.99. The number of hydrogen-bond acceptors (Lipinski definition) is 4. The lowest BCUT2D eigenvalue weighted by molar-refractivity contribution is 0.252. The third-order valence-electron chi connectivity index (χ3n) is 3.54. The predicted octanol–water partition coefficient (Wildman–Crippen LogP) is 3.33. The summed E-state index contributed by atoms with van der Waals surface area (Å²) >= 11 is 0.431. The summed E-state index contributed by atoms with van der Waals surface area (Å²) < 4.78 is 27.1. The van der Waals surface area contributed by atoms with Crippen molar-refractivity contribution in [2.45, 2.75) is 24.6 Å². The predicted molar refractivity (Wildman–Crippen MR) is 81.1 cm³/mol. The standard InChI is InChI=1S/C14H21F2N3S/c1-17-13(10-19-7-2-3-8-19)11-5-4-6-12(9-11)18-20-14(15)16/h4-6,9,13-14,17-18H,2-3,7-8,10H2,1H3. The minimum atomic E-state index is -2.41. The van der Waals surface area contributed by atoms with Gasteiger partial charge in [-0.05, 0) is 50.7 Å². The number of likely N-dealkylation sites (N-methyl/N-ethyl adjacent to an activating group) is 1. The summed E-state index contributed by atoms with van der Waals surface area (Å²) in [6.45, 7) is 3.26. The highest BCUT2D eigenvalue weighted by atomic mass is 32.2. The average Bonchev–Trinajstić information content (AvgIpc) is 2.96. The number of nitrogens with zero attached hydrogens (tertiary/aromatic N) is 1. The average molecular weight is 301 g/mol. The summed E-state index contributed by atoms with van der Waals surface area (Å²) in [5.74, 6) is -2.41. The second-order valence-electron chi connectivity index (χ2n) is 4.96. The molecular weight excluding hydrogens is 280 g/mol. The summed E-state index contributed by atoms with van der Waals surface area (Å²) in [5, 5.41) is 3.31. The SMILES string of the molecule is CNC(CN1CCCC1)c1cccc(NSC(F)F)c1. The third kappa shape index (κ3) is 4.61. The van der Waals surface area contributed by atoms with Crippen LogP contribution in [0.3, 0.4) is 0 Å². The monoisotopic (exact) mass is 301 g/mol. The molecule has 0 bridgehead atoms. The van der Waals surface area contributed by atoms with Gasteiger partial charge in [0.05, 0.1) is 0 Å². The highest BCUT2D eigenvalue weighted by molar-refractivity contribution is 8.00. The molecule has 20 heavy (non-hydrogen) atoms. The molecule has 1 heterocycles. The fourth-order valence-electron chi connectivity index (χ4n) is 2.52. The first-order valence-corrected chi connectivity index (χ1v) is 7.76. The number of halogens is 2. The molecular formula is C14H21F2N3S. The van der Waals surface area contributed by atoms with Gasteiger partial charge in [0.15, 0.2) is 0 Å². The number of benzene rings is 1. The van der Waals surface area contributed by atoms with Gasteiger partial charge in [-0.25, -0.2) is 0 Å². The van der Waals surface area contributed by atoms with Gasteiger partial charge in [0.2, 0.25) is 0 Å². The van der Waals surface area contributed by atoms with Crippen LogP contribution in [0.25, 0.3) is 0 Å². The van der Waals surface area contributed by atoms with E-state index in [1.165, 1.54) is 12.8 Å². The van der Waals surface area contributed by atoms with E-state index >= 15 is 0 Å². The Bertz CT molecular complexity index is 411. The molecule has 2 rings (SSSR count). The van der Waals surface area contributed by atoms with Crippen LogP contribution in [0.15, 0.2) is 24.3 Å². The van der Waals surface area contributed by atoms with Gasteiger partial charge in [0, 0.05) is 30.2 Å². The Morgan fingerprint density at radius 1 is 1.30 bits per heavy atom. The fraction of sp³-hybridized carbons (Fsp3) is 0.571. The maximum Gasteiger partial charge on any atom is 0.302 e. The molecule has 0 saturated carbocycles. The van der Waals surface area contributed by atoms with Crippen molar-refractivity contribution >= 4 is 17.6 Å². The van der Waals surface area contributed by atoms with Gasteiger partial charge in [0.25, 0.3) is 0 Å². The van der Waals surface area contributed by atoms with E-state index in [4.69, 9.17) is 0 Å². The second-order valence-corrected chi connectivity index (χ2v) is 5.75. The van der Waals surface area contributed by atoms with E-state index in [-0.39, 0.29) is 6.04 Å². The summed E-state index contributed by atoms with van der Waals surface area (Å²) in [6, 6.07) is 7.91. The molecule has 1 atom stereocenters. The van der Waals surface area contributed by atoms with Crippen LogP contribution in [-0.2, 0) is 0 Å². The summed E-state index contributed by atoms with van der Waals surface area (Å²) in [6.07, 6.45) is 2.53. The molecule has 1 aromatic carbocycles. The number of rotatable bonds is 7. The molecule has 0 amide bonds. The largest absolute Gasteiger partial charge is 0.325 e. The number of hydrogen-bond donors (Lipinski definition) is 2. The van der Waals surface area contributed by atoms with E-state index in [0.29, 0.717) is 11.9 Å². The minimum absolute atomic E-state index is 0.228. The van der Waals surface area contributed by atoms with Crippen molar-refractivity contribution in [1.29, 1.82) is 0 Å². The highest BCUT2D eigenvalue weighted by Crippen LogP contribution is 2.23. The van der Waals surface area contributed by atoms with Crippen LogP contribution in [-0.4, -0.2) is 37.3 Å². The molecule has 0 radical (unpaired) electrons. The van der Waals surface area contributed by atoms with E-state index in [2.05, 4.69) is 14.9 Å². The van der Waals surface area contributed by atoms with Crippen molar-refractivity contribution in [2.24, 2.45) is 0 Å². The van der Waals surface area contributed by atoms with Gasteiger partial charge in [-0.15, -0.1) is 0 Å². The first-order valence-electron chi connectivity index (χ1n) is 6.88. The van der Waals surface area contributed by atoms with Gasteiger partial charge in [-0.1, -0.05) is 12.1 Å². The summed E-state index contributed by atoms with van der Waals surface area (Å²) in [5.41, 5.74) is 1.84. The van der Waals surface area contributed by atoms with Crippen molar-refractivity contribution in [3.05, 3.63) is 29.8 Å². The molecule has 3 nitrogen and oxygen atoms in total. The molecule has 0 aromatic heterocycles. The van der Waals surface area contributed by atoms with Crippen molar-refractivity contribution in [1.82, 2.24) is 10.2 Å². The fourth-order valence-corrected chi connectivity index (χ4v) is 2.87. The number of nitrogens with one attached hydrogen (secondary N) is 2. The molecule has 0 spiro atoms. The van der Waals surface area contributed by atoms with Crippen molar-refractivity contribution in [3.63, 3.8) is 0 Å². The number of anilines is 1. The topological polar surface area (TPSA) is 27.3 Å². The Hall–Kier alpha value is -0.850. The Labute approximate surface area is 123 Å². The quantitative estimate of drug-likeness (QED) is 0.756. The molecule has 0 aliphatic carbocycles. The van der Waals surface area contributed by atoms with E-state index in [1.54, 1.807) is 6.07 Å². The van der Waals surface area contributed by atoms with Crippen LogP contribution in [0.4, 0.5) is 14.5 Å². The zero-order valence-electron chi connectivity index (χ0n) is 11.6. The first kappa shape index (κ1) is 15.5. The minimum Gasteiger partial charge on any atom is -0.325 e. The highest BCUT2D eigenvalue weighted by Gasteiger charge is 2.18. The van der Waals surface area contributed by atoms with Crippen LogP contribution in [0.5, 0.6) is 0 Å². The van der Waals surface area contributed by atoms with Gasteiger partial charge in [-0.2, -0.15) is 8.78 Å². The number of alkyl halides is 2. The van der Waals surface area contributed by atoms with Gasteiger partial charge < -0.3 is 14.9 Å². The molecule has 1 saturated heterocycles. The van der Waals surface area contributed by atoms with Crippen molar-refractivity contribution in [3.8, 4) is 0 Å². The zero-order valence-corrected chi connectivity index (χ0v) is 12.4. The molecule has 2 N–H and O–H groups in total. The Morgan fingerprint density at radius 3 is 2.70 bits per heavy atom. The van der Waals surface area contributed by atoms with E-state index < -0.39 is 5.76 Å². The molecule has 1 aliphatic rings. The van der Waals surface area contributed by atoms with Gasteiger partial charge >= 0.3 is 5.76 Å². The van der Waals surface area contributed by atoms with Gasteiger partial charge in [-0.3, -0.25) is 0 Å². The first-order chi connectivity index (χ1) is 9.69. The van der Waals surface area contributed by atoms with E-state index in [9.17, 15) is 8.78 Å². The normalized spacial score (nSPS) is 17.6. The van der Waals surface area contributed by atoms with Crippen molar-refractivity contribution < 1.29 is 8.78 Å². The molecule has 1 fully saturated rings. The molecule has 112 valence electrons. The van der Waals surface area contributed by atoms with Crippen LogP contribution >= 0.6 is 11.9 Å². The smallest absolute Gasteiger partial charge is 0.302 e. The lowest BCUT2D eigenvalue weighted by atomic mass is 10.1. The van der Waals surface area contributed by atoms with Crippen LogP contribution in [0.1, 0.15) is 24.4 Å². The summed E-state index contributed by atoms with van der Waals surface area (Å²) in [7, 11) is 1.94. The maximum absolute atomic E-state index is 12.2. The third-order valence-corrected chi connectivity index (χ3v) is 4.07. The van der Waals surface area contributed by atoms with Crippen LogP contribution in [0, 0.1) is 0 Å². The van der Waals surface area contributed by atoms with E-state index in [0.717, 1.165) is 30.9 Å². The lowest BCUT2D eigenvalue weighted by Crippen LogP contribution is -2.31. The number of likely N-dealkylation sites (tertiary alicyclic amines) is 1. The van der Waals surface area contributed by atoms with Crippen LogP contribution in [0.2, 0.25) is 0 Å². The molecule has 1 unspecified atom stereocenters. The molecule has 1 aliphatic heterocycles. The van der Waals surface area contributed by atoms with Gasteiger partial charge in [0.1, 0.15) is 0 Å². The molecule has 6 heteroatoms. The lowest BCUT2D eigenvalue weighted by Gasteiger charge is -2.24. The maximum atomic E-state index is 12.2. The Kier molecular flexibility index (Phi) is 6.06. The zero-order chi connectivity index (χ0) is 14.4.